The van der Waals surface area contributed by atoms with Gasteiger partial charge in [-0.2, -0.15) is 0 Å². The normalized spacial score (nSPS) is 40.0. The summed E-state index contributed by atoms with van der Waals surface area (Å²) in [5.41, 5.74) is 0.693. The summed E-state index contributed by atoms with van der Waals surface area (Å²) < 4.78 is 24.1. The lowest BCUT2D eigenvalue weighted by Crippen LogP contribution is -2.56. The summed E-state index contributed by atoms with van der Waals surface area (Å²) in [4.78, 5) is 24.6. The van der Waals surface area contributed by atoms with Gasteiger partial charge in [-0.3, -0.25) is 4.79 Å². The van der Waals surface area contributed by atoms with Gasteiger partial charge in [0, 0.05) is 19.2 Å². The second-order valence-corrected chi connectivity index (χ2v) is 11.1. The molecule has 0 radical (unpaired) electrons. The topological polar surface area (TPSA) is 114 Å². The summed E-state index contributed by atoms with van der Waals surface area (Å²) in [5.74, 6) is 0.0217. The van der Waals surface area contributed by atoms with Crippen molar-refractivity contribution in [3.63, 3.8) is 0 Å². The Morgan fingerprint density at radius 1 is 1.09 bits per heavy atom. The van der Waals surface area contributed by atoms with Crippen LogP contribution in [0.5, 0.6) is 0 Å². The van der Waals surface area contributed by atoms with E-state index in [1.807, 2.05) is 0 Å². The predicted octanol–water partition coefficient (Wildman–Crippen LogP) is 2.44. The van der Waals surface area contributed by atoms with Crippen molar-refractivity contribution in [1.82, 2.24) is 16.0 Å². The zero-order valence-electron chi connectivity index (χ0n) is 21.9. The third-order valence-electron chi connectivity index (χ3n) is 8.25. The Kier molecular flexibility index (Phi) is 8.10. The molecule has 2 saturated carbocycles. The third-order valence-corrected chi connectivity index (χ3v) is 8.25. The number of amides is 2. The zero-order chi connectivity index (χ0) is 25.2. The fourth-order valence-electron chi connectivity index (χ4n) is 6.23. The number of hydrogen-bond acceptors (Lipinski definition) is 7. The average molecular weight is 494 g/mol. The fourth-order valence-corrected chi connectivity index (χ4v) is 6.23. The molecule has 198 valence electrons. The van der Waals surface area contributed by atoms with Crippen LogP contribution in [0.15, 0.2) is 11.6 Å². The quantitative estimate of drug-likeness (QED) is 0.334. The first-order valence-electron chi connectivity index (χ1n) is 13.1. The van der Waals surface area contributed by atoms with Gasteiger partial charge in [0.2, 0.25) is 5.91 Å². The molecule has 0 aromatic rings. The number of epoxide rings is 2. The standard InChI is InChI=1S/C26H43N3O6/c1-16(2)6-11-20-25(3,35-20)23-22(32-5)19(12-13-26(23)15-33-26)34-24(31)29-18-9-7-17(8-10-18)28-21(30)14-27-4/h6,17-20,22-23,27H,7-15H2,1-5H3,(H,28,30)(H,29,31)/t17-,18-,19?,20-,22?,23?,25+,26+/m1/s1. The van der Waals surface area contributed by atoms with E-state index in [-0.39, 0.29) is 53.4 Å². The summed E-state index contributed by atoms with van der Waals surface area (Å²) in [6, 6.07) is 0.214. The van der Waals surface area contributed by atoms with Crippen LogP contribution in [0.2, 0.25) is 0 Å². The highest BCUT2D eigenvalue weighted by Crippen LogP contribution is 2.59. The van der Waals surface area contributed by atoms with Crippen LogP contribution in [0.1, 0.15) is 65.7 Å². The SMILES string of the molecule is CNCC(=O)N[C@H]1CC[C@H](NC(=O)OC2CC[C@]3(CO3)C([C@@]3(C)O[C@@H]3CC=C(C)C)C2OC)CC1. The van der Waals surface area contributed by atoms with Crippen LogP contribution in [-0.4, -0.2) is 80.9 Å². The molecule has 4 fully saturated rings. The Labute approximate surface area is 209 Å². The van der Waals surface area contributed by atoms with E-state index in [4.69, 9.17) is 18.9 Å². The van der Waals surface area contributed by atoms with E-state index in [0.29, 0.717) is 19.6 Å². The molecule has 6 atom stereocenters. The van der Waals surface area contributed by atoms with Crippen molar-refractivity contribution in [2.75, 3.05) is 27.3 Å². The van der Waals surface area contributed by atoms with Gasteiger partial charge in [-0.1, -0.05) is 11.6 Å². The van der Waals surface area contributed by atoms with Crippen LogP contribution in [0.4, 0.5) is 4.79 Å². The van der Waals surface area contributed by atoms with E-state index >= 15 is 0 Å². The molecule has 0 bridgehead atoms. The molecule has 1 spiro atoms. The van der Waals surface area contributed by atoms with Crippen LogP contribution in [0, 0.1) is 5.92 Å². The van der Waals surface area contributed by atoms with E-state index in [1.54, 1.807) is 14.2 Å². The number of allylic oxidation sites excluding steroid dienone is 1. The summed E-state index contributed by atoms with van der Waals surface area (Å²) in [6.45, 7) is 7.36. The Bertz CT molecular complexity index is 803. The van der Waals surface area contributed by atoms with E-state index < -0.39 is 6.09 Å². The highest BCUT2D eigenvalue weighted by molar-refractivity contribution is 5.78. The monoisotopic (exact) mass is 493 g/mol. The maximum absolute atomic E-state index is 12.8. The first-order valence-corrected chi connectivity index (χ1v) is 13.1. The lowest BCUT2D eigenvalue weighted by Gasteiger charge is -2.42. The lowest BCUT2D eigenvalue weighted by molar-refractivity contribution is -0.121. The molecule has 4 aliphatic rings. The van der Waals surface area contributed by atoms with Gasteiger partial charge in [-0.15, -0.1) is 0 Å². The van der Waals surface area contributed by atoms with Gasteiger partial charge in [-0.25, -0.2) is 4.79 Å². The molecule has 0 aromatic carbocycles. The first-order chi connectivity index (χ1) is 16.7. The lowest BCUT2D eigenvalue weighted by atomic mass is 9.68. The molecule has 3 N–H and O–H groups in total. The molecule has 35 heavy (non-hydrogen) atoms. The van der Waals surface area contributed by atoms with Crippen molar-refractivity contribution < 1.29 is 28.5 Å². The van der Waals surface area contributed by atoms with Crippen molar-refractivity contribution in [1.29, 1.82) is 0 Å². The zero-order valence-corrected chi connectivity index (χ0v) is 21.9. The van der Waals surface area contributed by atoms with Crippen LogP contribution in [0.25, 0.3) is 0 Å². The molecule has 2 aliphatic heterocycles. The summed E-state index contributed by atoms with van der Waals surface area (Å²) in [6.07, 6.45) is 7.04. The van der Waals surface area contributed by atoms with E-state index in [0.717, 1.165) is 38.5 Å². The van der Waals surface area contributed by atoms with E-state index in [9.17, 15) is 9.59 Å². The highest BCUT2D eigenvalue weighted by atomic mass is 16.6. The minimum atomic E-state index is -0.394. The molecule has 2 saturated heterocycles. The van der Waals surface area contributed by atoms with Crippen LogP contribution in [0.3, 0.4) is 0 Å². The molecule has 2 amide bonds. The van der Waals surface area contributed by atoms with Crippen molar-refractivity contribution in [2.45, 2.75) is 107 Å². The first kappa shape index (κ1) is 26.4. The maximum Gasteiger partial charge on any atom is 0.407 e. The number of likely N-dealkylation sites (N-methyl/N-ethyl adjacent to an activating group) is 1. The number of carbonyl (C=O) groups excluding carboxylic acids is 2. The van der Waals surface area contributed by atoms with Crippen LogP contribution >= 0.6 is 0 Å². The predicted molar refractivity (Wildman–Crippen MR) is 131 cm³/mol. The third kappa shape index (κ3) is 6.01. The Balaban J connectivity index is 1.30. The van der Waals surface area contributed by atoms with Gasteiger partial charge in [0.05, 0.1) is 25.2 Å². The molecule has 2 heterocycles. The Hall–Kier alpha value is -1.68. The van der Waals surface area contributed by atoms with Crippen molar-refractivity contribution in [3.8, 4) is 0 Å². The van der Waals surface area contributed by atoms with Gasteiger partial charge < -0.3 is 34.9 Å². The molecule has 9 nitrogen and oxygen atoms in total. The molecule has 3 unspecified atom stereocenters. The van der Waals surface area contributed by atoms with E-state index in [1.165, 1.54) is 5.57 Å². The van der Waals surface area contributed by atoms with Gasteiger partial charge >= 0.3 is 6.09 Å². The Morgan fingerprint density at radius 3 is 2.31 bits per heavy atom. The van der Waals surface area contributed by atoms with Crippen LogP contribution in [-0.2, 0) is 23.7 Å². The number of carbonyl (C=O) groups is 2. The van der Waals surface area contributed by atoms with Gasteiger partial charge in [-0.05, 0) is 72.8 Å². The van der Waals surface area contributed by atoms with E-state index in [2.05, 4.69) is 42.8 Å². The number of rotatable bonds is 9. The smallest absolute Gasteiger partial charge is 0.407 e. The molecular weight excluding hydrogens is 450 g/mol. The second-order valence-electron chi connectivity index (χ2n) is 11.1. The fraction of sp³-hybridized carbons (Fsp3) is 0.846. The molecular formula is C26H43N3O6. The number of methoxy groups -OCH3 is 1. The highest BCUT2D eigenvalue weighted by Gasteiger charge is 2.72. The summed E-state index contributed by atoms with van der Waals surface area (Å²) in [5, 5.41) is 8.95. The Morgan fingerprint density at radius 2 is 1.74 bits per heavy atom. The largest absolute Gasteiger partial charge is 0.443 e. The molecule has 2 aliphatic carbocycles. The minimum absolute atomic E-state index is 0.00891. The minimum Gasteiger partial charge on any atom is -0.443 e. The van der Waals surface area contributed by atoms with Crippen molar-refractivity contribution in [2.24, 2.45) is 5.92 Å². The van der Waals surface area contributed by atoms with Crippen molar-refractivity contribution in [3.05, 3.63) is 11.6 Å². The van der Waals surface area contributed by atoms with Crippen molar-refractivity contribution >= 4 is 12.0 Å². The number of nitrogens with one attached hydrogen (secondary N) is 3. The van der Waals surface area contributed by atoms with Gasteiger partial charge in [0.25, 0.3) is 0 Å². The number of alkyl carbamates (subject to hydrolysis) is 1. The van der Waals surface area contributed by atoms with Crippen LogP contribution < -0.4 is 16.0 Å². The number of hydrogen-bond donors (Lipinski definition) is 3. The molecule has 0 aromatic heterocycles. The maximum atomic E-state index is 12.8. The summed E-state index contributed by atoms with van der Waals surface area (Å²) in [7, 11) is 3.45. The molecule has 9 heteroatoms. The number of ether oxygens (including phenoxy) is 4. The van der Waals surface area contributed by atoms with Gasteiger partial charge in [0.1, 0.15) is 23.4 Å². The molecule has 4 rings (SSSR count). The second kappa shape index (κ2) is 10.7. The average Bonchev–Trinajstić information content (AvgIpc) is 3.72. The van der Waals surface area contributed by atoms with Gasteiger partial charge in [0.15, 0.2) is 0 Å². The summed E-state index contributed by atoms with van der Waals surface area (Å²) >= 11 is 0.